The number of ether oxygens (including phenoxy) is 2. The van der Waals surface area contributed by atoms with E-state index in [9.17, 15) is 0 Å². The van der Waals surface area contributed by atoms with Crippen LogP contribution in [0, 0.1) is 13.8 Å². The molecule has 0 unspecified atom stereocenters. The maximum atomic E-state index is 5.86. The summed E-state index contributed by atoms with van der Waals surface area (Å²) < 4.78 is 17.2. The van der Waals surface area contributed by atoms with Crippen LogP contribution in [0.3, 0.4) is 0 Å². The van der Waals surface area contributed by atoms with Crippen LogP contribution in [0.4, 0.5) is 6.01 Å². The summed E-state index contributed by atoms with van der Waals surface area (Å²) in [6.07, 6.45) is -0.407. The van der Waals surface area contributed by atoms with Crippen LogP contribution in [0.1, 0.15) is 27.6 Å². The molecule has 0 spiro atoms. The Morgan fingerprint density at radius 3 is 2.83 bits per heavy atom. The second-order valence-corrected chi connectivity index (χ2v) is 6.69. The van der Waals surface area contributed by atoms with Gasteiger partial charge in [0.2, 0.25) is 6.10 Å². The molecule has 0 aliphatic carbocycles. The van der Waals surface area contributed by atoms with Crippen molar-refractivity contribution in [2.45, 2.75) is 26.5 Å². The largest absolute Gasteiger partial charge is 0.485 e. The Morgan fingerprint density at radius 1 is 1.21 bits per heavy atom. The van der Waals surface area contributed by atoms with Crippen LogP contribution in [-0.2, 0) is 6.54 Å². The maximum Gasteiger partial charge on any atom is 0.315 e. The first-order chi connectivity index (χ1) is 11.7. The fraction of sp³-hybridized carbons (Fsp3) is 0.312. The van der Waals surface area contributed by atoms with E-state index in [0.29, 0.717) is 30.8 Å². The number of aromatic nitrogens is 3. The second kappa shape index (κ2) is 6.12. The summed E-state index contributed by atoms with van der Waals surface area (Å²) in [5.41, 5.74) is 1.02. The van der Waals surface area contributed by atoms with Crippen molar-refractivity contribution in [2.24, 2.45) is 0 Å². The quantitative estimate of drug-likeness (QED) is 0.778. The number of fused-ring (bicyclic) bond motifs is 1. The molecule has 0 saturated heterocycles. The Kier molecular flexibility index (Phi) is 3.81. The van der Waals surface area contributed by atoms with Gasteiger partial charge < -0.3 is 19.2 Å². The van der Waals surface area contributed by atoms with E-state index in [1.54, 1.807) is 11.3 Å². The van der Waals surface area contributed by atoms with Crippen molar-refractivity contribution >= 4 is 17.4 Å². The number of rotatable bonds is 4. The second-order valence-electron chi connectivity index (χ2n) is 5.40. The molecule has 1 atom stereocenters. The lowest BCUT2D eigenvalue weighted by atomic mass is 10.2. The number of hydrogen-bond acceptors (Lipinski definition) is 8. The summed E-state index contributed by atoms with van der Waals surface area (Å²) in [4.78, 5) is 5.55. The molecule has 24 heavy (non-hydrogen) atoms. The standard InChI is InChI=1S/C16H16N4O3S/c1-9-14(24-10(2)18-9)7-17-16-20-19-15(23-16)13-8-21-11-5-3-4-6-12(11)22-13/h3-6,13H,7-8H2,1-2H3,(H,17,20)/t13-/m1/s1. The van der Waals surface area contributed by atoms with Crippen LogP contribution < -0.4 is 14.8 Å². The summed E-state index contributed by atoms with van der Waals surface area (Å²) >= 11 is 1.65. The van der Waals surface area contributed by atoms with Gasteiger partial charge in [0.25, 0.3) is 5.89 Å². The average Bonchev–Trinajstić information content (AvgIpc) is 3.18. The molecule has 1 aliphatic heterocycles. The molecule has 1 N–H and O–H groups in total. The SMILES string of the molecule is Cc1nc(C)c(CNc2nnc([C@H]3COc4ccccc4O3)o2)s1. The van der Waals surface area contributed by atoms with Crippen LogP contribution in [0.5, 0.6) is 11.5 Å². The Hall–Kier alpha value is -2.61. The zero-order valence-corrected chi connectivity index (χ0v) is 14.1. The average molecular weight is 344 g/mol. The predicted molar refractivity (Wildman–Crippen MR) is 88.5 cm³/mol. The molecule has 2 aromatic heterocycles. The minimum absolute atomic E-state index is 0.339. The third-order valence-corrected chi connectivity index (χ3v) is 4.70. The lowest BCUT2D eigenvalue weighted by Crippen LogP contribution is -2.21. The number of anilines is 1. The summed E-state index contributed by atoms with van der Waals surface area (Å²) in [6, 6.07) is 7.88. The third-order valence-electron chi connectivity index (χ3n) is 3.62. The van der Waals surface area contributed by atoms with Gasteiger partial charge in [0.15, 0.2) is 11.5 Å². The Labute approximate surface area is 142 Å². The molecular formula is C16H16N4O3S. The van der Waals surface area contributed by atoms with Gasteiger partial charge in [0, 0.05) is 4.88 Å². The van der Waals surface area contributed by atoms with Crippen molar-refractivity contribution in [2.75, 3.05) is 11.9 Å². The minimum atomic E-state index is -0.407. The van der Waals surface area contributed by atoms with Gasteiger partial charge in [-0.15, -0.1) is 16.4 Å². The van der Waals surface area contributed by atoms with E-state index >= 15 is 0 Å². The van der Waals surface area contributed by atoms with Gasteiger partial charge >= 0.3 is 6.01 Å². The van der Waals surface area contributed by atoms with Gasteiger partial charge in [-0.1, -0.05) is 17.2 Å². The lowest BCUT2D eigenvalue weighted by molar-refractivity contribution is 0.0717. The zero-order valence-electron chi connectivity index (χ0n) is 13.3. The monoisotopic (exact) mass is 344 g/mol. The van der Waals surface area contributed by atoms with E-state index < -0.39 is 6.10 Å². The Morgan fingerprint density at radius 2 is 2.04 bits per heavy atom. The number of benzene rings is 1. The fourth-order valence-corrected chi connectivity index (χ4v) is 3.35. The minimum Gasteiger partial charge on any atom is -0.485 e. The molecule has 4 rings (SSSR count). The highest BCUT2D eigenvalue weighted by molar-refractivity contribution is 7.11. The van der Waals surface area contributed by atoms with E-state index in [4.69, 9.17) is 13.9 Å². The molecule has 7 nitrogen and oxygen atoms in total. The van der Waals surface area contributed by atoms with E-state index in [-0.39, 0.29) is 0 Å². The smallest absolute Gasteiger partial charge is 0.315 e. The Bertz CT molecular complexity index is 861. The third kappa shape index (κ3) is 2.92. The van der Waals surface area contributed by atoms with Crippen LogP contribution in [-0.4, -0.2) is 21.8 Å². The highest BCUT2D eigenvalue weighted by atomic mass is 32.1. The van der Waals surface area contributed by atoms with Crippen molar-refractivity contribution in [3.8, 4) is 11.5 Å². The van der Waals surface area contributed by atoms with E-state index in [0.717, 1.165) is 21.3 Å². The van der Waals surface area contributed by atoms with Gasteiger partial charge in [0.1, 0.15) is 6.61 Å². The maximum absolute atomic E-state index is 5.86. The summed E-state index contributed by atoms with van der Waals surface area (Å²) in [6.45, 7) is 4.92. The van der Waals surface area contributed by atoms with Gasteiger partial charge in [0.05, 0.1) is 17.2 Å². The summed E-state index contributed by atoms with van der Waals surface area (Å²) in [5.74, 6) is 1.80. The van der Waals surface area contributed by atoms with Gasteiger partial charge in [-0.2, -0.15) is 0 Å². The van der Waals surface area contributed by atoms with Crippen molar-refractivity contribution in [3.63, 3.8) is 0 Å². The normalized spacial score (nSPS) is 16.2. The first-order valence-electron chi connectivity index (χ1n) is 7.57. The zero-order chi connectivity index (χ0) is 16.5. The molecular weight excluding hydrogens is 328 g/mol. The van der Waals surface area contributed by atoms with E-state index in [1.165, 1.54) is 0 Å². The number of nitrogens with zero attached hydrogens (tertiary/aromatic N) is 3. The molecule has 0 saturated carbocycles. The van der Waals surface area contributed by atoms with Gasteiger partial charge in [-0.3, -0.25) is 0 Å². The summed E-state index contributed by atoms with van der Waals surface area (Å²) in [5, 5.41) is 12.2. The van der Waals surface area contributed by atoms with Gasteiger partial charge in [-0.05, 0) is 26.0 Å². The van der Waals surface area contributed by atoms with Crippen LogP contribution in [0.2, 0.25) is 0 Å². The number of para-hydroxylation sites is 2. The molecule has 0 amide bonds. The first kappa shape index (κ1) is 14.9. The van der Waals surface area contributed by atoms with Crippen LogP contribution >= 0.6 is 11.3 Å². The summed E-state index contributed by atoms with van der Waals surface area (Å²) in [7, 11) is 0. The number of hydrogen-bond donors (Lipinski definition) is 1. The molecule has 0 bridgehead atoms. The van der Waals surface area contributed by atoms with Crippen molar-refractivity contribution < 1.29 is 13.9 Å². The van der Waals surface area contributed by atoms with Gasteiger partial charge in [-0.25, -0.2) is 4.98 Å². The molecule has 3 heterocycles. The molecule has 3 aromatic rings. The molecule has 124 valence electrons. The van der Waals surface area contributed by atoms with Crippen LogP contribution in [0.15, 0.2) is 28.7 Å². The topological polar surface area (TPSA) is 82.3 Å². The lowest BCUT2D eigenvalue weighted by Gasteiger charge is -2.23. The molecule has 1 aliphatic rings. The van der Waals surface area contributed by atoms with Crippen molar-refractivity contribution in [1.29, 1.82) is 0 Å². The van der Waals surface area contributed by atoms with E-state index in [1.807, 2.05) is 38.1 Å². The molecule has 1 aromatic carbocycles. The van der Waals surface area contributed by atoms with E-state index in [2.05, 4.69) is 20.5 Å². The van der Waals surface area contributed by atoms with Crippen molar-refractivity contribution in [3.05, 3.63) is 45.7 Å². The Balaban J connectivity index is 1.43. The highest BCUT2D eigenvalue weighted by Gasteiger charge is 2.27. The molecule has 8 heteroatoms. The highest BCUT2D eigenvalue weighted by Crippen LogP contribution is 2.35. The fourth-order valence-electron chi connectivity index (χ4n) is 2.47. The van der Waals surface area contributed by atoms with Crippen molar-refractivity contribution in [1.82, 2.24) is 15.2 Å². The van der Waals surface area contributed by atoms with Crippen LogP contribution in [0.25, 0.3) is 0 Å². The predicted octanol–water partition coefficient (Wildman–Crippen LogP) is 3.27. The number of nitrogens with one attached hydrogen (secondary N) is 1. The number of thiazole rings is 1. The first-order valence-corrected chi connectivity index (χ1v) is 8.39. The molecule has 0 radical (unpaired) electrons. The molecule has 0 fully saturated rings. The number of aryl methyl sites for hydroxylation is 2.